The lowest BCUT2D eigenvalue weighted by molar-refractivity contribution is -0.135. The van der Waals surface area contributed by atoms with Crippen LogP contribution in [0.3, 0.4) is 0 Å². The fourth-order valence-electron chi connectivity index (χ4n) is 5.43. The number of benzene rings is 2. The van der Waals surface area contributed by atoms with E-state index < -0.39 is 11.5 Å². The van der Waals surface area contributed by atoms with Crippen molar-refractivity contribution in [2.24, 2.45) is 5.92 Å². The Morgan fingerprint density at radius 3 is 2.79 bits per heavy atom. The molecule has 0 saturated carbocycles. The maximum atomic E-state index is 13.4. The summed E-state index contributed by atoms with van der Waals surface area (Å²) in [4.78, 5) is 29.0. The molecule has 2 aromatic rings. The van der Waals surface area contributed by atoms with Crippen molar-refractivity contribution in [2.75, 3.05) is 17.2 Å². The number of aryl methyl sites for hydroxylation is 1. The van der Waals surface area contributed by atoms with Crippen molar-refractivity contribution in [3.63, 3.8) is 0 Å². The molecule has 0 aromatic heterocycles. The van der Waals surface area contributed by atoms with E-state index in [4.69, 9.17) is 0 Å². The lowest BCUT2D eigenvalue weighted by atomic mass is 9.78. The van der Waals surface area contributed by atoms with Crippen molar-refractivity contribution in [2.45, 2.75) is 44.2 Å². The number of amides is 2. The third kappa shape index (κ3) is 2.35. The van der Waals surface area contributed by atoms with E-state index in [0.29, 0.717) is 0 Å². The van der Waals surface area contributed by atoms with E-state index in [9.17, 15) is 9.59 Å². The molecule has 2 fully saturated rings. The first-order chi connectivity index (χ1) is 13.6. The molecule has 2 aromatic carbocycles. The number of hydrogen-bond donors (Lipinski definition) is 2. The Morgan fingerprint density at radius 1 is 1.21 bits per heavy atom. The van der Waals surface area contributed by atoms with Crippen LogP contribution in [0.25, 0.3) is 0 Å². The van der Waals surface area contributed by atoms with E-state index in [0.717, 1.165) is 49.2 Å². The third-order valence-electron chi connectivity index (χ3n) is 6.72. The van der Waals surface area contributed by atoms with Gasteiger partial charge in [-0.2, -0.15) is 0 Å². The highest BCUT2D eigenvalue weighted by molar-refractivity contribution is 6.10. The van der Waals surface area contributed by atoms with Crippen LogP contribution in [-0.4, -0.2) is 29.3 Å². The van der Waals surface area contributed by atoms with Gasteiger partial charge in [0, 0.05) is 23.0 Å². The van der Waals surface area contributed by atoms with E-state index in [-0.39, 0.29) is 17.9 Å². The highest BCUT2D eigenvalue weighted by Gasteiger charge is 2.65. The van der Waals surface area contributed by atoms with Gasteiger partial charge in [0.1, 0.15) is 5.54 Å². The zero-order valence-electron chi connectivity index (χ0n) is 16.1. The highest BCUT2D eigenvalue weighted by atomic mass is 16.2. The zero-order chi connectivity index (χ0) is 19.3. The van der Waals surface area contributed by atoms with Crippen LogP contribution in [0, 0.1) is 5.92 Å². The van der Waals surface area contributed by atoms with Gasteiger partial charge >= 0.3 is 0 Å². The lowest BCUT2D eigenvalue weighted by Gasteiger charge is -2.36. The minimum atomic E-state index is -0.884. The van der Waals surface area contributed by atoms with Crippen LogP contribution in [0.2, 0.25) is 0 Å². The van der Waals surface area contributed by atoms with Crippen LogP contribution in [0.1, 0.15) is 37.3 Å². The first kappa shape index (κ1) is 17.4. The van der Waals surface area contributed by atoms with Gasteiger partial charge in [0.25, 0.3) is 0 Å². The molecule has 144 valence electrons. The molecule has 2 saturated heterocycles. The summed E-state index contributed by atoms with van der Waals surface area (Å²) in [6.07, 6.45) is 3.81. The smallest absolute Gasteiger partial charge is 0.250 e. The molecule has 3 aliphatic rings. The summed E-state index contributed by atoms with van der Waals surface area (Å²) in [6, 6.07) is 16.1. The van der Waals surface area contributed by atoms with E-state index in [1.165, 1.54) is 5.56 Å². The first-order valence-electron chi connectivity index (χ1n) is 10.2. The molecular formula is C23H25N3O2. The van der Waals surface area contributed by atoms with Crippen molar-refractivity contribution in [1.29, 1.82) is 0 Å². The molecule has 3 unspecified atom stereocenters. The number of hydrogen-bond acceptors (Lipinski definition) is 3. The van der Waals surface area contributed by atoms with E-state index in [1.807, 2.05) is 48.5 Å². The van der Waals surface area contributed by atoms with Crippen LogP contribution >= 0.6 is 0 Å². The summed E-state index contributed by atoms with van der Waals surface area (Å²) < 4.78 is 0. The lowest BCUT2D eigenvalue weighted by Crippen LogP contribution is -2.53. The van der Waals surface area contributed by atoms with Gasteiger partial charge in [-0.3, -0.25) is 14.5 Å². The highest BCUT2D eigenvalue weighted by Crippen LogP contribution is 2.55. The molecular weight excluding hydrogens is 350 g/mol. The van der Waals surface area contributed by atoms with Crippen molar-refractivity contribution < 1.29 is 9.59 Å². The number of nitrogens with zero attached hydrogens (tertiary/aromatic N) is 1. The molecule has 5 heteroatoms. The van der Waals surface area contributed by atoms with Gasteiger partial charge in [0.15, 0.2) is 0 Å². The minimum absolute atomic E-state index is 0.0559. The summed E-state index contributed by atoms with van der Waals surface area (Å²) in [5, 5.41) is 6.13. The molecule has 2 amide bonds. The maximum absolute atomic E-state index is 13.4. The Hall–Kier alpha value is -2.66. The predicted molar refractivity (Wildman–Crippen MR) is 109 cm³/mol. The van der Waals surface area contributed by atoms with Crippen molar-refractivity contribution in [3.8, 4) is 0 Å². The van der Waals surface area contributed by atoms with Gasteiger partial charge in [-0.05, 0) is 56.0 Å². The molecule has 3 aliphatic heterocycles. The topological polar surface area (TPSA) is 61.4 Å². The normalized spacial score (nSPS) is 28.2. The van der Waals surface area contributed by atoms with Gasteiger partial charge in [-0.25, -0.2) is 0 Å². The Morgan fingerprint density at radius 2 is 2.00 bits per heavy atom. The number of rotatable bonds is 3. The standard InChI is InChI=1S/C23H25N3O2/c1-2-15-9-11-16(12-10-15)24-21(27)19-14-17-6-5-13-26(17)23(19)18-7-3-4-8-20(18)25-22(23)28/h3-4,7-12,17,19H,2,5-6,13-14H2,1H3,(H,24,27)(H,25,28). The molecule has 3 heterocycles. The van der Waals surface area contributed by atoms with Crippen LogP contribution in [0.15, 0.2) is 48.5 Å². The SMILES string of the molecule is CCc1ccc(NC(=O)C2CC3CCCN3C23C(=O)Nc2ccccc23)cc1. The summed E-state index contributed by atoms with van der Waals surface area (Å²) >= 11 is 0. The number of anilines is 2. The molecule has 0 aliphatic carbocycles. The Balaban J connectivity index is 1.53. The molecule has 2 N–H and O–H groups in total. The molecule has 1 spiro atoms. The zero-order valence-corrected chi connectivity index (χ0v) is 16.1. The predicted octanol–water partition coefficient (Wildman–Crippen LogP) is 3.52. The monoisotopic (exact) mass is 375 g/mol. The van der Waals surface area contributed by atoms with E-state index in [2.05, 4.69) is 22.5 Å². The molecule has 28 heavy (non-hydrogen) atoms. The van der Waals surface area contributed by atoms with Gasteiger partial charge < -0.3 is 10.6 Å². The fourth-order valence-corrected chi connectivity index (χ4v) is 5.43. The molecule has 0 bridgehead atoms. The quantitative estimate of drug-likeness (QED) is 0.863. The average Bonchev–Trinajstić information content (AvgIpc) is 3.37. The van der Waals surface area contributed by atoms with Crippen LogP contribution in [-0.2, 0) is 21.5 Å². The minimum Gasteiger partial charge on any atom is -0.326 e. The largest absolute Gasteiger partial charge is 0.326 e. The van der Waals surface area contributed by atoms with Crippen LogP contribution < -0.4 is 10.6 Å². The summed E-state index contributed by atoms with van der Waals surface area (Å²) in [5.41, 5.74) is 2.93. The maximum Gasteiger partial charge on any atom is 0.250 e. The number of para-hydroxylation sites is 1. The summed E-state index contributed by atoms with van der Waals surface area (Å²) in [5.74, 6) is -0.516. The number of carbonyl (C=O) groups is 2. The van der Waals surface area contributed by atoms with Crippen LogP contribution in [0.5, 0.6) is 0 Å². The fraction of sp³-hybridized carbons (Fsp3) is 0.391. The first-order valence-corrected chi connectivity index (χ1v) is 10.2. The Labute approximate surface area is 165 Å². The van der Waals surface area contributed by atoms with Gasteiger partial charge in [0.2, 0.25) is 11.8 Å². The van der Waals surface area contributed by atoms with Gasteiger partial charge in [0.05, 0.1) is 5.92 Å². The third-order valence-corrected chi connectivity index (χ3v) is 6.72. The molecule has 5 rings (SSSR count). The summed E-state index contributed by atoms with van der Waals surface area (Å²) in [6.45, 7) is 2.97. The van der Waals surface area contributed by atoms with Gasteiger partial charge in [-0.1, -0.05) is 37.3 Å². The molecule has 5 nitrogen and oxygen atoms in total. The van der Waals surface area contributed by atoms with Crippen molar-refractivity contribution in [1.82, 2.24) is 4.90 Å². The number of fused-ring (bicyclic) bond motifs is 4. The Kier molecular flexibility index (Phi) is 4.02. The van der Waals surface area contributed by atoms with Crippen LogP contribution in [0.4, 0.5) is 11.4 Å². The van der Waals surface area contributed by atoms with Gasteiger partial charge in [-0.15, -0.1) is 0 Å². The second-order valence-corrected chi connectivity index (χ2v) is 8.08. The van der Waals surface area contributed by atoms with E-state index >= 15 is 0 Å². The van der Waals surface area contributed by atoms with Crippen molar-refractivity contribution >= 4 is 23.2 Å². The van der Waals surface area contributed by atoms with Crippen molar-refractivity contribution in [3.05, 3.63) is 59.7 Å². The number of nitrogens with one attached hydrogen (secondary N) is 2. The Bertz CT molecular complexity index is 939. The molecule has 0 radical (unpaired) electrons. The second-order valence-electron chi connectivity index (χ2n) is 8.08. The molecule has 3 atom stereocenters. The van der Waals surface area contributed by atoms with E-state index in [1.54, 1.807) is 0 Å². The average molecular weight is 375 g/mol. The number of carbonyl (C=O) groups excluding carboxylic acids is 2. The second kappa shape index (κ2) is 6.45. The summed E-state index contributed by atoms with van der Waals surface area (Å²) in [7, 11) is 0.